The fourth-order valence-corrected chi connectivity index (χ4v) is 3.67. The van der Waals surface area contributed by atoms with E-state index < -0.39 is 0 Å². The third kappa shape index (κ3) is 2.96. The smallest absolute Gasteiger partial charge is 0.0205 e. The Hall–Kier alpha value is -0.0500. The van der Waals surface area contributed by atoms with Gasteiger partial charge >= 0.3 is 0 Å². The topological polar surface area (TPSA) is 0 Å². The van der Waals surface area contributed by atoms with Crippen molar-refractivity contribution < 1.29 is 0 Å². The summed E-state index contributed by atoms with van der Waals surface area (Å²) in [6.07, 6.45) is 0. The van der Waals surface area contributed by atoms with E-state index in [-0.39, 0.29) is 10.8 Å². The Morgan fingerprint density at radius 1 is 0.800 bits per heavy atom. The van der Waals surface area contributed by atoms with Crippen LogP contribution in [-0.2, 0) is 10.8 Å². The van der Waals surface area contributed by atoms with Crippen LogP contribution in [-0.4, -0.2) is 0 Å². The molecule has 0 bridgehead atoms. The molecule has 0 saturated carbocycles. The first kappa shape index (κ1) is 13.0. The summed E-state index contributed by atoms with van der Waals surface area (Å²) in [5, 5.41) is 0. The van der Waals surface area contributed by atoms with Crippen LogP contribution in [0.25, 0.3) is 0 Å². The molecule has 0 aliphatic rings. The maximum absolute atomic E-state index is 2.49. The van der Waals surface area contributed by atoms with E-state index in [4.69, 9.17) is 0 Å². The Balaban J connectivity index is 3.37. The minimum Gasteiger partial charge on any atom is -0.0616 e. The van der Waals surface area contributed by atoms with Gasteiger partial charge in [0.15, 0.2) is 0 Å². The van der Waals surface area contributed by atoms with Crippen molar-refractivity contribution in [3.05, 3.63) is 32.9 Å². The zero-order chi connectivity index (χ0) is 11.9. The van der Waals surface area contributed by atoms with E-state index in [1.54, 1.807) is 0 Å². The van der Waals surface area contributed by atoms with Crippen molar-refractivity contribution >= 4 is 22.6 Å². The summed E-state index contributed by atoms with van der Waals surface area (Å²) in [6.45, 7) is 13.6. The van der Waals surface area contributed by atoms with E-state index >= 15 is 0 Å². The van der Waals surface area contributed by atoms with Gasteiger partial charge in [-0.2, -0.15) is 0 Å². The number of halogens is 1. The average molecular weight is 316 g/mol. The third-order valence-electron chi connectivity index (χ3n) is 2.61. The molecule has 1 rings (SSSR count). The van der Waals surface area contributed by atoms with Gasteiger partial charge in [0, 0.05) is 3.57 Å². The molecule has 0 unspecified atom stereocenters. The van der Waals surface area contributed by atoms with Crippen molar-refractivity contribution in [3.8, 4) is 0 Å². The van der Waals surface area contributed by atoms with E-state index in [1.165, 1.54) is 14.7 Å². The summed E-state index contributed by atoms with van der Waals surface area (Å²) >= 11 is 2.49. The monoisotopic (exact) mass is 316 g/mol. The molecule has 0 N–H and O–H groups in total. The molecule has 0 atom stereocenters. The highest BCUT2D eigenvalue weighted by Gasteiger charge is 2.23. The van der Waals surface area contributed by atoms with Crippen LogP contribution in [0.4, 0.5) is 0 Å². The zero-order valence-corrected chi connectivity index (χ0v) is 12.8. The molecule has 15 heavy (non-hydrogen) atoms. The third-order valence-corrected chi connectivity index (χ3v) is 3.78. The zero-order valence-electron chi connectivity index (χ0n) is 10.6. The van der Waals surface area contributed by atoms with E-state index in [9.17, 15) is 0 Å². The van der Waals surface area contributed by atoms with Gasteiger partial charge in [0.2, 0.25) is 0 Å². The van der Waals surface area contributed by atoms with Crippen LogP contribution < -0.4 is 0 Å². The van der Waals surface area contributed by atoms with E-state index in [0.717, 1.165) is 0 Å². The lowest BCUT2D eigenvalue weighted by Crippen LogP contribution is -2.19. The van der Waals surface area contributed by atoms with Gasteiger partial charge in [0.25, 0.3) is 0 Å². The molecule has 0 radical (unpaired) electrons. The Kier molecular flexibility index (Phi) is 3.54. The summed E-state index contributed by atoms with van der Waals surface area (Å²) in [5.41, 5.74) is 3.38. The molecule has 0 amide bonds. The number of hydrogen-bond donors (Lipinski definition) is 0. The van der Waals surface area contributed by atoms with E-state index in [1.807, 2.05) is 0 Å². The lowest BCUT2D eigenvalue weighted by atomic mass is 9.81. The molecule has 0 heterocycles. The molecule has 0 fully saturated rings. The van der Waals surface area contributed by atoms with Crippen LogP contribution in [0.3, 0.4) is 0 Å². The van der Waals surface area contributed by atoms with Crippen molar-refractivity contribution in [2.24, 2.45) is 0 Å². The first-order valence-corrected chi connectivity index (χ1v) is 6.51. The number of rotatable bonds is 0. The quantitative estimate of drug-likeness (QED) is 0.598. The normalized spacial score (nSPS) is 13.0. The molecule has 0 nitrogen and oxygen atoms in total. The first-order chi connectivity index (χ1) is 6.64. The van der Waals surface area contributed by atoms with Gasteiger partial charge in [0.05, 0.1) is 0 Å². The Labute approximate surface area is 108 Å². The maximum Gasteiger partial charge on any atom is 0.0205 e. The molecule has 1 aromatic rings. The second-order valence-corrected chi connectivity index (χ2v) is 7.25. The van der Waals surface area contributed by atoms with Crippen molar-refractivity contribution in [1.29, 1.82) is 0 Å². The Morgan fingerprint density at radius 2 is 1.13 bits per heavy atom. The molecule has 1 aromatic carbocycles. The predicted octanol–water partition coefficient (Wildman–Crippen LogP) is 4.89. The fourth-order valence-electron chi connectivity index (χ4n) is 1.69. The molecular formula is C14H21I. The second-order valence-electron chi connectivity index (χ2n) is 6.17. The molecule has 84 valence electrons. The molecular weight excluding hydrogens is 295 g/mol. The minimum absolute atomic E-state index is 0.234. The number of hydrogen-bond acceptors (Lipinski definition) is 0. The summed E-state index contributed by atoms with van der Waals surface area (Å²) in [5.74, 6) is 0. The van der Waals surface area contributed by atoms with Gasteiger partial charge in [0.1, 0.15) is 0 Å². The SMILES string of the molecule is CC(C)(C)c1cccc(C(C)(C)C)c1I. The second kappa shape index (κ2) is 4.08. The first-order valence-electron chi connectivity index (χ1n) is 5.43. The molecule has 0 aromatic heterocycles. The van der Waals surface area contributed by atoms with Crippen LogP contribution in [0.2, 0.25) is 0 Å². The largest absolute Gasteiger partial charge is 0.0616 e. The fraction of sp³-hybridized carbons (Fsp3) is 0.571. The molecule has 0 aliphatic heterocycles. The van der Waals surface area contributed by atoms with Gasteiger partial charge in [-0.1, -0.05) is 59.7 Å². The summed E-state index contributed by atoms with van der Waals surface area (Å²) < 4.78 is 1.43. The van der Waals surface area contributed by atoms with Crippen LogP contribution in [0.5, 0.6) is 0 Å². The molecule has 1 heteroatoms. The standard InChI is InChI=1S/C14H21I/c1-13(2,3)10-8-7-9-11(12(10)15)14(4,5)6/h7-9H,1-6H3. The van der Waals surface area contributed by atoms with Crippen molar-refractivity contribution in [1.82, 2.24) is 0 Å². The van der Waals surface area contributed by atoms with Crippen LogP contribution in [0.15, 0.2) is 18.2 Å². The molecule has 0 aliphatic carbocycles. The summed E-state index contributed by atoms with van der Waals surface area (Å²) in [6, 6.07) is 6.68. The summed E-state index contributed by atoms with van der Waals surface area (Å²) in [7, 11) is 0. The van der Waals surface area contributed by atoms with Gasteiger partial charge in [-0.25, -0.2) is 0 Å². The van der Waals surface area contributed by atoms with Crippen LogP contribution >= 0.6 is 22.6 Å². The highest BCUT2D eigenvalue weighted by atomic mass is 127. The Bertz CT molecular complexity index is 318. The van der Waals surface area contributed by atoms with E-state index in [2.05, 4.69) is 82.3 Å². The highest BCUT2D eigenvalue weighted by Crippen LogP contribution is 2.34. The van der Waals surface area contributed by atoms with Crippen molar-refractivity contribution in [2.45, 2.75) is 52.4 Å². The number of benzene rings is 1. The minimum atomic E-state index is 0.234. The predicted molar refractivity (Wildman–Crippen MR) is 76.6 cm³/mol. The lowest BCUT2D eigenvalue weighted by molar-refractivity contribution is 0.562. The summed E-state index contributed by atoms with van der Waals surface area (Å²) in [4.78, 5) is 0. The lowest BCUT2D eigenvalue weighted by Gasteiger charge is -2.27. The van der Waals surface area contributed by atoms with Gasteiger partial charge in [-0.05, 0) is 44.5 Å². The van der Waals surface area contributed by atoms with Gasteiger partial charge in [-0.15, -0.1) is 0 Å². The molecule has 0 spiro atoms. The van der Waals surface area contributed by atoms with Gasteiger partial charge < -0.3 is 0 Å². The van der Waals surface area contributed by atoms with E-state index in [0.29, 0.717) is 0 Å². The van der Waals surface area contributed by atoms with Crippen LogP contribution in [0.1, 0.15) is 52.7 Å². The average Bonchev–Trinajstić information content (AvgIpc) is 1.99. The van der Waals surface area contributed by atoms with Crippen LogP contribution in [0, 0.1) is 3.57 Å². The van der Waals surface area contributed by atoms with Crippen molar-refractivity contribution in [2.75, 3.05) is 0 Å². The van der Waals surface area contributed by atoms with Crippen molar-refractivity contribution in [3.63, 3.8) is 0 Å². The molecule has 0 saturated heterocycles. The Morgan fingerprint density at radius 3 is 1.40 bits per heavy atom. The highest BCUT2D eigenvalue weighted by molar-refractivity contribution is 14.1. The maximum atomic E-state index is 2.49. The van der Waals surface area contributed by atoms with Gasteiger partial charge in [-0.3, -0.25) is 0 Å².